The minimum absolute atomic E-state index is 0.184. The van der Waals surface area contributed by atoms with Gasteiger partial charge in [0.1, 0.15) is 12.4 Å². The highest BCUT2D eigenvalue weighted by Gasteiger charge is 2.21. The predicted octanol–water partition coefficient (Wildman–Crippen LogP) is 5.07. The summed E-state index contributed by atoms with van der Waals surface area (Å²) in [6.07, 6.45) is 4.80. The molecule has 0 unspecified atom stereocenters. The number of hydrogen-bond acceptors (Lipinski definition) is 6. The largest absolute Gasteiger partial charge is 0.492 e. The fraction of sp³-hybridized carbons (Fsp3) is 0.429. The van der Waals surface area contributed by atoms with E-state index < -0.39 is 0 Å². The van der Waals surface area contributed by atoms with Crippen molar-refractivity contribution < 1.29 is 14.3 Å². The number of para-hydroxylation sites is 2. The molecule has 2 aliphatic heterocycles. The van der Waals surface area contributed by atoms with Crippen LogP contribution in [0.1, 0.15) is 43.9 Å². The highest BCUT2D eigenvalue weighted by molar-refractivity contribution is 6.10. The van der Waals surface area contributed by atoms with Gasteiger partial charge in [-0.2, -0.15) is 0 Å². The van der Waals surface area contributed by atoms with Crippen LogP contribution in [-0.2, 0) is 16.0 Å². The first-order chi connectivity index (χ1) is 17.2. The number of H-pyrrole nitrogens is 1. The first-order valence-corrected chi connectivity index (χ1v) is 12.8. The molecule has 35 heavy (non-hydrogen) atoms. The number of piperidine rings is 1. The zero-order valence-electron chi connectivity index (χ0n) is 20.4. The van der Waals surface area contributed by atoms with Crippen molar-refractivity contribution in [3.05, 3.63) is 53.7 Å². The molecule has 7 heteroatoms. The number of aliphatic imine (C=N–C) groups is 1. The second-order valence-electron chi connectivity index (χ2n) is 9.17. The van der Waals surface area contributed by atoms with E-state index in [1.165, 1.54) is 32.4 Å². The maximum absolute atomic E-state index is 12.2. The van der Waals surface area contributed by atoms with Crippen LogP contribution in [0.25, 0.3) is 10.9 Å². The summed E-state index contributed by atoms with van der Waals surface area (Å²) in [4.78, 5) is 23.2. The van der Waals surface area contributed by atoms with Crippen molar-refractivity contribution in [3.8, 4) is 5.75 Å². The number of carbonyl (C=O) groups is 1. The van der Waals surface area contributed by atoms with Crippen molar-refractivity contribution in [2.45, 2.75) is 39.0 Å². The number of esters is 1. The fourth-order valence-electron chi connectivity index (χ4n) is 4.99. The number of nitrogens with one attached hydrogen (secondary N) is 2. The number of aryl methyl sites for hydroxylation is 1. The van der Waals surface area contributed by atoms with Crippen LogP contribution in [0, 0.1) is 0 Å². The molecule has 2 aliphatic rings. The van der Waals surface area contributed by atoms with E-state index in [-0.39, 0.29) is 5.97 Å². The van der Waals surface area contributed by atoms with Gasteiger partial charge >= 0.3 is 5.97 Å². The maximum Gasteiger partial charge on any atom is 0.306 e. The number of likely N-dealkylation sites (tertiary alicyclic amines) is 1. The lowest BCUT2D eigenvalue weighted by molar-refractivity contribution is -0.143. The molecule has 0 atom stereocenters. The van der Waals surface area contributed by atoms with E-state index in [1.807, 2.05) is 37.3 Å². The number of aromatic amines is 1. The van der Waals surface area contributed by atoms with E-state index in [2.05, 4.69) is 27.3 Å². The van der Waals surface area contributed by atoms with E-state index in [1.54, 1.807) is 0 Å². The highest BCUT2D eigenvalue weighted by Crippen LogP contribution is 2.32. The second-order valence-corrected chi connectivity index (χ2v) is 9.17. The van der Waals surface area contributed by atoms with E-state index in [4.69, 9.17) is 14.5 Å². The van der Waals surface area contributed by atoms with Gasteiger partial charge in [0, 0.05) is 23.9 Å². The third kappa shape index (κ3) is 5.51. The van der Waals surface area contributed by atoms with Crippen molar-refractivity contribution in [3.63, 3.8) is 0 Å². The fourth-order valence-corrected chi connectivity index (χ4v) is 4.99. The Kier molecular flexibility index (Phi) is 7.33. The monoisotopic (exact) mass is 474 g/mol. The average molecular weight is 475 g/mol. The number of anilines is 1. The van der Waals surface area contributed by atoms with Crippen LogP contribution < -0.4 is 10.1 Å². The molecule has 1 saturated heterocycles. The van der Waals surface area contributed by atoms with Crippen molar-refractivity contribution in [2.24, 2.45) is 4.99 Å². The molecule has 0 spiro atoms. The van der Waals surface area contributed by atoms with Crippen LogP contribution in [0.15, 0.2) is 47.5 Å². The van der Waals surface area contributed by atoms with E-state index in [0.717, 1.165) is 51.5 Å². The van der Waals surface area contributed by atoms with Gasteiger partial charge < -0.3 is 19.8 Å². The Hall–Kier alpha value is -3.32. The molecule has 3 aromatic rings. The van der Waals surface area contributed by atoms with Crippen LogP contribution in [0.2, 0.25) is 0 Å². The zero-order valence-corrected chi connectivity index (χ0v) is 20.4. The van der Waals surface area contributed by atoms with Gasteiger partial charge in [-0.3, -0.25) is 9.69 Å². The summed E-state index contributed by atoms with van der Waals surface area (Å²) in [5.74, 6) is 0.669. The van der Waals surface area contributed by atoms with Gasteiger partial charge in [0.05, 0.1) is 35.9 Å². The standard InChI is InChI=1S/C28H34N4O3/c1-2-34-27(33)13-11-21-22-18-20(35-17-16-32-14-6-3-7-15-32)10-12-23(22)31-28(21)26-19-29-24-8-4-5-9-25(24)30-26/h4-5,8-10,12,18,29,31H,2-3,6-7,11,13-17,19H2,1H3. The Bertz CT molecular complexity index is 1210. The first kappa shape index (κ1) is 23.4. The van der Waals surface area contributed by atoms with E-state index in [9.17, 15) is 4.79 Å². The van der Waals surface area contributed by atoms with Crippen molar-refractivity contribution >= 4 is 34.0 Å². The summed E-state index contributed by atoms with van der Waals surface area (Å²) in [5, 5.41) is 4.54. The lowest BCUT2D eigenvalue weighted by Crippen LogP contribution is -2.33. The Balaban J connectivity index is 1.41. The number of hydrogen-bond donors (Lipinski definition) is 2. The smallest absolute Gasteiger partial charge is 0.306 e. The highest BCUT2D eigenvalue weighted by atomic mass is 16.5. The van der Waals surface area contributed by atoms with Gasteiger partial charge in [-0.15, -0.1) is 0 Å². The lowest BCUT2D eigenvalue weighted by atomic mass is 10.0. The number of aromatic nitrogens is 1. The quantitative estimate of drug-likeness (QED) is 0.423. The average Bonchev–Trinajstić information content (AvgIpc) is 3.26. The molecule has 0 saturated carbocycles. The molecule has 1 fully saturated rings. The van der Waals surface area contributed by atoms with E-state index in [0.29, 0.717) is 32.6 Å². The summed E-state index contributed by atoms with van der Waals surface area (Å²) in [6, 6.07) is 14.2. The SMILES string of the molecule is CCOC(=O)CCc1c(C2=Nc3ccccc3NC2)[nH]c2ccc(OCCN3CCCCC3)cc12. The Morgan fingerprint density at radius 3 is 2.83 bits per heavy atom. The summed E-state index contributed by atoms with van der Waals surface area (Å²) < 4.78 is 11.3. The summed E-state index contributed by atoms with van der Waals surface area (Å²) in [5.41, 5.74) is 5.96. The second kappa shape index (κ2) is 11.0. The lowest BCUT2D eigenvalue weighted by Gasteiger charge is -2.26. The predicted molar refractivity (Wildman–Crippen MR) is 140 cm³/mol. The summed E-state index contributed by atoms with van der Waals surface area (Å²) in [6.45, 7) is 6.81. The number of benzene rings is 2. The van der Waals surface area contributed by atoms with E-state index >= 15 is 0 Å². The molecule has 0 radical (unpaired) electrons. The minimum atomic E-state index is -0.184. The molecular formula is C28H34N4O3. The van der Waals surface area contributed by atoms with Crippen LogP contribution in [0.5, 0.6) is 5.75 Å². The third-order valence-electron chi connectivity index (χ3n) is 6.78. The maximum atomic E-state index is 12.2. The van der Waals surface area contributed by atoms with Gasteiger partial charge in [0.15, 0.2) is 0 Å². The number of carbonyl (C=O) groups excluding carboxylic acids is 1. The Labute approximate surface area is 206 Å². The van der Waals surface area contributed by atoms with Crippen molar-refractivity contribution in [1.82, 2.24) is 9.88 Å². The first-order valence-electron chi connectivity index (χ1n) is 12.8. The topological polar surface area (TPSA) is 78.9 Å². The summed E-state index contributed by atoms with van der Waals surface area (Å²) >= 11 is 0. The molecule has 184 valence electrons. The van der Waals surface area contributed by atoms with Gasteiger partial charge in [0.2, 0.25) is 0 Å². The van der Waals surface area contributed by atoms with Gasteiger partial charge in [-0.05, 0) is 75.2 Å². The number of ether oxygens (including phenoxy) is 2. The molecule has 0 bridgehead atoms. The molecule has 1 aromatic heterocycles. The van der Waals surface area contributed by atoms with Crippen molar-refractivity contribution in [2.75, 3.05) is 44.7 Å². The van der Waals surface area contributed by atoms with Gasteiger partial charge in [-0.1, -0.05) is 18.6 Å². The molecule has 3 heterocycles. The normalized spacial score (nSPS) is 15.9. The Morgan fingerprint density at radius 1 is 1.11 bits per heavy atom. The summed E-state index contributed by atoms with van der Waals surface area (Å²) in [7, 11) is 0. The molecule has 2 aromatic carbocycles. The van der Waals surface area contributed by atoms with Crippen molar-refractivity contribution in [1.29, 1.82) is 0 Å². The molecular weight excluding hydrogens is 440 g/mol. The van der Waals surface area contributed by atoms with Crippen LogP contribution in [-0.4, -0.2) is 61.0 Å². The zero-order chi connectivity index (χ0) is 24.0. The molecule has 7 nitrogen and oxygen atoms in total. The Morgan fingerprint density at radius 2 is 1.97 bits per heavy atom. The molecule has 2 N–H and O–H groups in total. The van der Waals surface area contributed by atoms with Crippen LogP contribution in [0.4, 0.5) is 11.4 Å². The number of fused-ring (bicyclic) bond motifs is 2. The number of rotatable bonds is 9. The molecule has 0 amide bonds. The van der Waals surface area contributed by atoms with Crippen LogP contribution in [0.3, 0.4) is 0 Å². The van der Waals surface area contributed by atoms with Gasteiger partial charge in [0.25, 0.3) is 0 Å². The molecule has 0 aliphatic carbocycles. The minimum Gasteiger partial charge on any atom is -0.492 e. The van der Waals surface area contributed by atoms with Crippen LogP contribution >= 0.6 is 0 Å². The third-order valence-corrected chi connectivity index (χ3v) is 6.78. The van der Waals surface area contributed by atoms with Gasteiger partial charge in [-0.25, -0.2) is 4.99 Å². The molecule has 5 rings (SSSR count). The number of nitrogens with zero attached hydrogens (tertiary/aromatic N) is 2.